The molecule has 0 aliphatic rings. The van der Waals surface area contributed by atoms with Gasteiger partial charge in [-0.05, 0) is 57.0 Å². The Morgan fingerprint density at radius 2 is 1.62 bits per heavy atom. The number of rotatable bonds is 7. The Bertz CT molecular complexity index is 717. The highest BCUT2D eigenvalue weighted by molar-refractivity contribution is 6.06. The molecule has 0 atom stereocenters. The molecule has 0 amide bonds. The normalized spacial score (nSPS) is 11.6. The first-order valence-corrected chi connectivity index (χ1v) is 8.14. The molecule has 0 N–H and O–H groups in total. The van der Waals surface area contributed by atoms with Crippen LogP contribution in [0.3, 0.4) is 0 Å². The van der Waals surface area contributed by atoms with E-state index in [1.54, 1.807) is 6.08 Å². The van der Waals surface area contributed by atoms with E-state index in [-0.39, 0.29) is 5.78 Å². The van der Waals surface area contributed by atoms with E-state index < -0.39 is 0 Å². The third kappa shape index (κ3) is 5.44. The van der Waals surface area contributed by atoms with Gasteiger partial charge in [-0.25, -0.2) is 0 Å². The molecule has 3 heteroatoms. The zero-order chi connectivity index (χ0) is 17.5. The van der Waals surface area contributed by atoms with Crippen LogP contribution in [0.25, 0.3) is 6.08 Å². The van der Waals surface area contributed by atoms with Gasteiger partial charge >= 0.3 is 0 Å². The molecule has 0 aliphatic heterocycles. The molecule has 0 radical (unpaired) electrons. The Hall–Kier alpha value is -2.23. The SMILES string of the molecule is CN(C)Cc1cccc(C(=O)/C=C/c2ccccc2CN(C)C)c1. The van der Waals surface area contributed by atoms with Crippen molar-refractivity contribution in [2.75, 3.05) is 28.2 Å². The molecule has 2 aromatic carbocycles. The summed E-state index contributed by atoms with van der Waals surface area (Å²) in [6.07, 6.45) is 3.59. The quantitative estimate of drug-likeness (QED) is 0.573. The van der Waals surface area contributed by atoms with Crippen LogP contribution in [0, 0.1) is 0 Å². The van der Waals surface area contributed by atoms with Crippen molar-refractivity contribution >= 4 is 11.9 Å². The van der Waals surface area contributed by atoms with Gasteiger partial charge in [-0.15, -0.1) is 0 Å². The Labute approximate surface area is 145 Å². The number of allylic oxidation sites excluding steroid dienone is 1. The zero-order valence-corrected chi connectivity index (χ0v) is 15.0. The Morgan fingerprint density at radius 1 is 0.917 bits per heavy atom. The Morgan fingerprint density at radius 3 is 2.33 bits per heavy atom. The zero-order valence-electron chi connectivity index (χ0n) is 15.0. The fourth-order valence-corrected chi connectivity index (χ4v) is 2.63. The number of benzene rings is 2. The van der Waals surface area contributed by atoms with Gasteiger partial charge in [0.1, 0.15) is 0 Å². The highest BCUT2D eigenvalue weighted by atomic mass is 16.1. The molecule has 3 nitrogen and oxygen atoms in total. The topological polar surface area (TPSA) is 23.6 Å². The number of hydrogen-bond acceptors (Lipinski definition) is 3. The molecular formula is C21H26N2O. The van der Waals surface area contributed by atoms with Gasteiger partial charge in [0.05, 0.1) is 0 Å². The lowest BCUT2D eigenvalue weighted by atomic mass is 10.0. The molecule has 0 fully saturated rings. The first-order valence-electron chi connectivity index (χ1n) is 8.14. The van der Waals surface area contributed by atoms with E-state index in [1.165, 1.54) is 5.56 Å². The van der Waals surface area contributed by atoms with Gasteiger partial charge in [0.2, 0.25) is 0 Å². The summed E-state index contributed by atoms with van der Waals surface area (Å²) in [6, 6.07) is 16.0. The predicted molar refractivity (Wildman–Crippen MR) is 101 cm³/mol. The maximum absolute atomic E-state index is 12.5. The summed E-state index contributed by atoms with van der Waals surface area (Å²) < 4.78 is 0. The summed E-state index contributed by atoms with van der Waals surface area (Å²) in [5.74, 6) is 0.0373. The van der Waals surface area contributed by atoms with E-state index in [0.717, 1.165) is 29.8 Å². The molecule has 2 rings (SSSR count). The van der Waals surface area contributed by atoms with Gasteiger partial charge < -0.3 is 9.80 Å². The van der Waals surface area contributed by atoms with Crippen molar-refractivity contribution in [3.8, 4) is 0 Å². The van der Waals surface area contributed by atoms with Gasteiger partial charge in [-0.3, -0.25) is 4.79 Å². The van der Waals surface area contributed by atoms with E-state index in [1.807, 2.05) is 76.7 Å². The lowest BCUT2D eigenvalue weighted by Gasteiger charge is -2.12. The summed E-state index contributed by atoms with van der Waals surface area (Å²) in [4.78, 5) is 16.7. The van der Waals surface area contributed by atoms with Crippen molar-refractivity contribution in [2.24, 2.45) is 0 Å². The summed E-state index contributed by atoms with van der Waals surface area (Å²) in [7, 11) is 8.13. The molecule has 126 valence electrons. The average Bonchev–Trinajstić information content (AvgIpc) is 2.53. The number of hydrogen-bond donors (Lipinski definition) is 0. The molecule has 0 heterocycles. The number of nitrogens with zero attached hydrogens (tertiary/aromatic N) is 2. The van der Waals surface area contributed by atoms with Crippen LogP contribution in [0.5, 0.6) is 0 Å². The molecule has 0 aliphatic carbocycles. The van der Waals surface area contributed by atoms with Crippen molar-refractivity contribution in [1.82, 2.24) is 9.80 Å². The fourth-order valence-electron chi connectivity index (χ4n) is 2.63. The third-order valence-electron chi connectivity index (χ3n) is 3.67. The molecule has 24 heavy (non-hydrogen) atoms. The van der Waals surface area contributed by atoms with Crippen molar-refractivity contribution in [3.63, 3.8) is 0 Å². The average molecular weight is 322 g/mol. The second-order valence-electron chi connectivity index (χ2n) is 6.57. The van der Waals surface area contributed by atoms with Crippen LogP contribution in [0.1, 0.15) is 27.0 Å². The van der Waals surface area contributed by atoms with Crippen molar-refractivity contribution in [2.45, 2.75) is 13.1 Å². The number of carbonyl (C=O) groups excluding carboxylic acids is 1. The fraction of sp³-hybridized carbons (Fsp3) is 0.286. The maximum atomic E-state index is 12.5. The van der Waals surface area contributed by atoms with Crippen LogP contribution in [0.15, 0.2) is 54.6 Å². The smallest absolute Gasteiger partial charge is 0.185 e. The van der Waals surface area contributed by atoms with E-state index in [9.17, 15) is 4.79 Å². The molecule has 0 saturated carbocycles. The molecule has 0 aromatic heterocycles. The van der Waals surface area contributed by atoms with Crippen molar-refractivity contribution in [1.29, 1.82) is 0 Å². The van der Waals surface area contributed by atoms with E-state index >= 15 is 0 Å². The van der Waals surface area contributed by atoms with Crippen LogP contribution in [-0.2, 0) is 13.1 Å². The van der Waals surface area contributed by atoms with Crippen molar-refractivity contribution < 1.29 is 4.79 Å². The van der Waals surface area contributed by atoms with E-state index in [4.69, 9.17) is 0 Å². The second-order valence-corrected chi connectivity index (χ2v) is 6.57. The van der Waals surface area contributed by atoms with Gasteiger partial charge in [0.15, 0.2) is 5.78 Å². The first-order chi connectivity index (χ1) is 11.5. The third-order valence-corrected chi connectivity index (χ3v) is 3.67. The Balaban J connectivity index is 2.16. The predicted octanol–water partition coefficient (Wildman–Crippen LogP) is 3.71. The van der Waals surface area contributed by atoms with Gasteiger partial charge in [-0.2, -0.15) is 0 Å². The summed E-state index contributed by atoms with van der Waals surface area (Å²) >= 11 is 0. The summed E-state index contributed by atoms with van der Waals surface area (Å²) in [5.41, 5.74) is 4.18. The highest BCUT2D eigenvalue weighted by Gasteiger charge is 2.05. The summed E-state index contributed by atoms with van der Waals surface area (Å²) in [5, 5.41) is 0. The standard InChI is InChI=1S/C21H26N2O/c1-22(2)15-17-8-7-11-19(14-17)21(24)13-12-18-9-5-6-10-20(18)16-23(3)4/h5-14H,15-16H2,1-4H3/b13-12+. The largest absolute Gasteiger partial charge is 0.305 e. The number of ketones is 1. The second kappa shape index (κ2) is 8.57. The number of carbonyl (C=O) groups is 1. The molecule has 0 saturated heterocycles. The minimum atomic E-state index is 0.0373. The monoisotopic (exact) mass is 322 g/mol. The first kappa shape index (κ1) is 18.1. The maximum Gasteiger partial charge on any atom is 0.185 e. The van der Waals surface area contributed by atoms with E-state index in [2.05, 4.69) is 15.9 Å². The molecular weight excluding hydrogens is 296 g/mol. The van der Waals surface area contributed by atoms with Crippen LogP contribution in [0.4, 0.5) is 0 Å². The lowest BCUT2D eigenvalue weighted by molar-refractivity contribution is 0.104. The van der Waals surface area contributed by atoms with Crippen molar-refractivity contribution in [3.05, 3.63) is 76.9 Å². The van der Waals surface area contributed by atoms with Crippen LogP contribution in [-0.4, -0.2) is 43.8 Å². The minimum absolute atomic E-state index is 0.0373. The highest BCUT2D eigenvalue weighted by Crippen LogP contribution is 2.14. The van der Waals surface area contributed by atoms with Gasteiger partial charge in [0.25, 0.3) is 0 Å². The van der Waals surface area contributed by atoms with Gasteiger partial charge in [-0.1, -0.05) is 48.5 Å². The molecule has 0 unspecified atom stereocenters. The Kier molecular flexibility index (Phi) is 6.47. The van der Waals surface area contributed by atoms with Crippen LogP contribution < -0.4 is 0 Å². The van der Waals surface area contributed by atoms with Crippen LogP contribution in [0.2, 0.25) is 0 Å². The summed E-state index contributed by atoms with van der Waals surface area (Å²) in [6.45, 7) is 1.68. The molecule has 2 aromatic rings. The van der Waals surface area contributed by atoms with E-state index in [0.29, 0.717) is 0 Å². The molecule has 0 spiro atoms. The van der Waals surface area contributed by atoms with Gasteiger partial charge in [0, 0.05) is 18.7 Å². The minimum Gasteiger partial charge on any atom is -0.305 e. The lowest BCUT2D eigenvalue weighted by Crippen LogP contribution is -2.11. The molecule has 0 bridgehead atoms. The van der Waals surface area contributed by atoms with Crippen LogP contribution >= 0.6 is 0 Å².